The largest absolute Gasteiger partial charge is 0.325 e. The number of rotatable bonds is 3. The lowest BCUT2D eigenvalue weighted by Gasteiger charge is -2.09. The molecular formula is C14H16N4S. The molecule has 0 saturated heterocycles. The van der Waals surface area contributed by atoms with E-state index in [1.165, 1.54) is 4.90 Å². The van der Waals surface area contributed by atoms with Crippen molar-refractivity contribution in [3.8, 4) is 0 Å². The number of nitrogens with zero attached hydrogens (tertiary/aromatic N) is 1. The van der Waals surface area contributed by atoms with E-state index in [1.807, 2.05) is 54.8 Å². The summed E-state index contributed by atoms with van der Waals surface area (Å²) in [5.74, 6) is 5.99. The van der Waals surface area contributed by atoms with Crippen molar-refractivity contribution in [2.24, 2.45) is 10.8 Å². The Kier molecular flexibility index (Phi) is 4.83. The average Bonchev–Trinajstić information content (AvgIpc) is 2.48. The molecule has 0 heterocycles. The average molecular weight is 272 g/mol. The van der Waals surface area contributed by atoms with Gasteiger partial charge in [0, 0.05) is 10.6 Å². The van der Waals surface area contributed by atoms with E-state index in [9.17, 15) is 0 Å². The molecule has 0 aliphatic heterocycles. The van der Waals surface area contributed by atoms with E-state index in [-0.39, 0.29) is 0 Å². The first-order valence-electron chi connectivity index (χ1n) is 5.83. The van der Waals surface area contributed by atoms with Gasteiger partial charge < -0.3 is 5.32 Å². The number of guanidine groups is 1. The van der Waals surface area contributed by atoms with Gasteiger partial charge in [-0.2, -0.15) is 0 Å². The molecule has 0 atom stereocenters. The Hall–Kier alpha value is -1.98. The van der Waals surface area contributed by atoms with E-state index >= 15 is 0 Å². The Labute approximate surface area is 117 Å². The van der Waals surface area contributed by atoms with Crippen LogP contribution >= 0.6 is 11.8 Å². The third-order valence-electron chi connectivity index (χ3n) is 2.47. The molecule has 0 aromatic heterocycles. The van der Waals surface area contributed by atoms with Gasteiger partial charge in [-0.15, -0.1) is 11.8 Å². The van der Waals surface area contributed by atoms with Crippen LogP contribution < -0.4 is 16.6 Å². The predicted molar refractivity (Wildman–Crippen MR) is 82.7 cm³/mol. The fraction of sp³-hybridized carbons (Fsp3) is 0.0714. The van der Waals surface area contributed by atoms with Crippen LogP contribution in [0.1, 0.15) is 0 Å². The highest BCUT2D eigenvalue weighted by molar-refractivity contribution is 7.98. The van der Waals surface area contributed by atoms with Crippen LogP contribution in [0.25, 0.3) is 0 Å². The highest BCUT2D eigenvalue weighted by Gasteiger charge is 1.99. The lowest BCUT2D eigenvalue weighted by atomic mass is 10.3. The molecule has 2 aromatic carbocycles. The summed E-state index contributed by atoms with van der Waals surface area (Å²) in [6.45, 7) is 0. The number of hydrazine groups is 1. The molecular weight excluding hydrogens is 256 g/mol. The summed E-state index contributed by atoms with van der Waals surface area (Å²) in [6, 6.07) is 17.7. The molecule has 4 N–H and O–H groups in total. The fourth-order valence-corrected chi connectivity index (χ4v) is 2.02. The molecule has 98 valence electrons. The van der Waals surface area contributed by atoms with Crippen LogP contribution in [0.3, 0.4) is 0 Å². The molecule has 0 unspecified atom stereocenters. The fourth-order valence-electron chi connectivity index (χ4n) is 1.57. The van der Waals surface area contributed by atoms with Crippen molar-refractivity contribution < 1.29 is 0 Å². The molecule has 2 rings (SSSR count). The SMILES string of the molecule is CSc1cccc(NC(=Nc2ccccc2)NN)c1. The maximum atomic E-state index is 5.49. The molecule has 5 heteroatoms. The number of para-hydroxylation sites is 1. The minimum absolute atomic E-state index is 0.504. The third kappa shape index (κ3) is 4.01. The monoisotopic (exact) mass is 272 g/mol. The molecule has 4 nitrogen and oxygen atoms in total. The standard InChI is InChI=1S/C14H16N4S/c1-19-13-9-5-8-12(10-13)17-14(18-15)16-11-6-3-2-4-7-11/h2-10H,15H2,1H3,(H2,16,17,18). The minimum Gasteiger partial charge on any atom is -0.325 e. The maximum absolute atomic E-state index is 5.49. The first-order chi connectivity index (χ1) is 9.31. The molecule has 2 aromatic rings. The van der Waals surface area contributed by atoms with Gasteiger partial charge in [-0.1, -0.05) is 24.3 Å². The number of thioether (sulfide) groups is 1. The second-order valence-corrected chi connectivity index (χ2v) is 4.68. The third-order valence-corrected chi connectivity index (χ3v) is 3.19. The van der Waals surface area contributed by atoms with Crippen LogP contribution in [0.4, 0.5) is 11.4 Å². The molecule has 0 fully saturated rings. The molecule has 0 spiro atoms. The van der Waals surface area contributed by atoms with Crippen molar-refractivity contribution in [3.63, 3.8) is 0 Å². The topological polar surface area (TPSA) is 62.4 Å². The highest BCUT2D eigenvalue weighted by atomic mass is 32.2. The Bertz CT molecular complexity index is 554. The Morgan fingerprint density at radius 3 is 2.58 bits per heavy atom. The van der Waals surface area contributed by atoms with E-state index < -0.39 is 0 Å². The molecule has 19 heavy (non-hydrogen) atoms. The summed E-state index contributed by atoms with van der Waals surface area (Å²) in [5, 5.41) is 3.15. The smallest absolute Gasteiger partial charge is 0.215 e. The van der Waals surface area contributed by atoms with Gasteiger partial charge in [0.25, 0.3) is 0 Å². The van der Waals surface area contributed by atoms with Crippen LogP contribution in [0.2, 0.25) is 0 Å². The van der Waals surface area contributed by atoms with Gasteiger partial charge in [0.2, 0.25) is 5.96 Å². The molecule has 0 aliphatic carbocycles. The number of hydrogen-bond acceptors (Lipinski definition) is 3. The van der Waals surface area contributed by atoms with Crippen LogP contribution in [0.15, 0.2) is 64.5 Å². The summed E-state index contributed by atoms with van der Waals surface area (Å²) in [6.07, 6.45) is 2.04. The molecule has 0 aliphatic rings. The molecule has 0 amide bonds. The van der Waals surface area contributed by atoms with Crippen molar-refractivity contribution >= 4 is 29.1 Å². The lowest BCUT2D eigenvalue weighted by Crippen LogP contribution is -2.35. The van der Waals surface area contributed by atoms with Gasteiger partial charge in [-0.05, 0) is 36.6 Å². The number of nitrogens with two attached hydrogens (primary N) is 1. The van der Waals surface area contributed by atoms with Gasteiger partial charge >= 0.3 is 0 Å². The molecule has 0 saturated carbocycles. The van der Waals surface area contributed by atoms with Crippen LogP contribution in [-0.2, 0) is 0 Å². The number of hydrogen-bond donors (Lipinski definition) is 3. The van der Waals surface area contributed by atoms with E-state index in [2.05, 4.69) is 21.8 Å². The number of anilines is 1. The lowest BCUT2D eigenvalue weighted by molar-refractivity contribution is 1.02. The minimum atomic E-state index is 0.504. The summed E-state index contributed by atoms with van der Waals surface area (Å²) in [5.41, 5.74) is 4.35. The van der Waals surface area contributed by atoms with Gasteiger partial charge in [0.1, 0.15) is 0 Å². The Morgan fingerprint density at radius 2 is 1.89 bits per heavy atom. The first kappa shape index (κ1) is 13.5. The predicted octanol–water partition coefficient (Wildman–Crippen LogP) is 2.97. The van der Waals surface area contributed by atoms with Crippen molar-refractivity contribution in [3.05, 3.63) is 54.6 Å². The van der Waals surface area contributed by atoms with E-state index in [4.69, 9.17) is 5.84 Å². The van der Waals surface area contributed by atoms with Crippen LogP contribution in [-0.4, -0.2) is 12.2 Å². The van der Waals surface area contributed by atoms with Gasteiger partial charge in [-0.25, -0.2) is 10.8 Å². The maximum Gasteiger partial charge on any atom is 0.215 e. The summed E-state index contributed by atoms with van der Waals surface area (Å²) in [7, 11) is 0. The van der Waals surface area contributed by atoms with Crippen molar-refractivity contribution in [1.82, 2.24) is 5.43 Å². The number of aliphatic imine (C=N–C) groups is 1. The zero-order valence-electron chi connectivity index (χ0n) is 10.6. The summed E-state index contributed by atoms with van der Waals surface area (Å²) in [4.78, 5) is 5.57. The normalized spacial score (nSPS) is 11.2. The van der Waals surface area contributed by atoms with Crippen molar-refractivity contribution in [2.45, 2.75) is 4.90 Å². The zero-order valence-corrected chi connectivity index (χ0v) is 11.4. The second kappa shape index (κ2) is 6.82. The molecule has 0 radical (unpaired) electrons. The van der Waals surface area contributed by atoms with Crippen LogP contribution in [0, 0.1) is 0 Å². The highest BCUT2D eigenvalue weighted by Crippen LogP contribution is 2.19. The zero-order chi connectivity index (χ0) is 13.5. The van der Waals surface area contributed by atoms with Gasteiger partial charge in [-0.3, -0.25) is 5.43 Å². The first-order valence-corrected chi connectivity index (χ1v) is 7.06. The number of benzene rings is 2. The second-order valence-electron chi connectivity index (χ2n) is 3.80. The summed E-state index contributed by atoms with van der Waals surface area (Å²) < 4.78 is 0. The summed E-state index contributed by atoms with van der Waals surface area (Å²) >= 11 is 1.69. The van der Waals surface area contributed by atoms with E-state index in [0.29, 0.717) is 5.96 Å². The van der Waals surface area contributed by atoms with Crippen LogP contribution in [0.5, 0.6) is 0 Å². The van der Waals surface area contributed by atoms with E-state index in [1.54, 1.807) is 11.8 Å². The van der Waals surface area contributed by atoms with Gasteiger partial charge in [0.05, 0.1) is 5.69 Å². The number of nitrogens with one attached hydrogen (secondary N) is 2. The Balaban J connectivity index is 2.17. The van der Waals surface area contributed by atoms with E-state index in [0.717, 1.165) is 11.4 Å². The van der Waals surface area contributed by atoms with Crippen molar-refractivity contribution in [1.29, 1.82) is 0 Å². The molecule has 0 bridgehead atoms. The van der Waals surface area contributed by atoms with Crippen molar-refractivity contribution in [2.75, 3.05) is 11.6 Å². The Morgan fingerprint density at radius 1 is 1.11 bits per heavy atom. The van der Waals surface area contributed by atoms with Gasteiger partial charge in [0.15, 0.2) is 0 Å². The quantitative estimate of drug-likeness (QED) is 0.264.